The van der Waals surface area contributed by atoms with Crippen molar-refractivity contribution in [2.24, 2.45) is 17.3 Å². The van der Waals surface area contributed by atoms with E-state index in [0.29, 0.717) is 38.0 Å². The van der Waals surface area contributed by atoms with Crippen LogP contribution in [0.25, 0.3) is 0 Å². The van der Waals surface area contributed by atoms with Crippen molar-refractivity contribution in [3.63, 3.8) is 0 Å². The lowest BCUT2D eigenvalue weighted by Crippen LogP contribution is -2.55. The van der Waals surface area contributed by atoms with Crippen LogP contribution in [0.2, 0.25) is 0 Å². The summed E-state index contributed by atoms with van der Waals surface area (Å²) in [5.41, 5.74) is 0.954. The lowest BCUT2D eigenvalue weighted by molar-refractivity contribution is -0.198. The largest absolute Gasteiger partial charge is 0.459 e. The van der Waals surface area contributed by atoms with Gasteiger partial charge in [0.2, 0.25) is 0 Å². The van der Waals surface area contributed by atoms with Gasteiger partial charge in [0, 0.05) is 31.3 Å². The minimum atomic E-state index is -1.31. The molecule has 0 spiro atoms. The first-order valence-electron chi connectivity index (χ1n) is 18.1. The molecule has 3 aliphatic heterocycles. The molecule has 50 heavy (non-hydrogen) atoms. The summed E-state index contributed by atoms with van der Waals surface area (Å²) in [7, 11) is 0. The SMILES string of the molecule is C=C(CCC(C)C)COC(=O)C(O)CC=CCC1OC2C=CC/C=C/C(C)=CC3OC(CC=CC=CC(=O)OC(C2)C1(C)CO)CC(O)C3C. The van der Waals surface area contributed by atoms with Crippen LogP contribution in [0, 0.1) is 17.3 Å². The van der Waals surface area contributed by atoms with Gasteiger partial charge in [0.05, 0.1) is 42.5 Å². The van der Waals surface area contributed by atoms with E-state index in [9.17, 15) is 24.9 Å². The van der Waals surface area contributed by atoms with Gasteiger partial charge in [-0.25, -0.2) is 9.59 Å². The van der Waals surface area contributed by atoms with Crippen molar-refractivity contribution in [2.45, 2.75) is 129 Å². The summed E-state index contributed by atoms with van der Waals surface area (Å²) in [5, 5.41) is 31.6. The van der Waals surface area contributed by atoms with Gasteiger partial charge < -0.3 is 34.3 Å². The van der Waals surface area contributed by atoms with Crippen molar-refractivity contribution in [3.05, 3.63) is 84.6 Å². The van der Waals surface area contributed by atoms with Crippen LogP contribution < -0.4 is 0 Å². The Bertz CT molecular complexity index is 1290. The fourth-order valence-corrected chi connectivity index (χ4v) is 6.27. The lowest BCUT2D eigenvalue weighted by atomic mass is 9.73. The number of carbonyl (C=O) groups excluding carboxylic acids is 2. The average Bonchev–Trinajstić information content (AvgIpc) is 3.07. The van der Waals surface area contributed by atoms with E-state index in [-0.39, 0.29) is 43.9 Å². The monoisotopic (exact) mass is 696 g/mol. The van der Waals surface area contributed by atoms with Crippen molar-refractivity contribution in [1.29, 1.82) is 0 Å². The molecule has 3 heterocycles. The predicted molar refractivity (Wildman–Crippen MR) is 195 cm³/mol. The molecule has 9 heteroatoms. The highest BCUT2D eigenvalue weighted by Gasteiger charge is 2.49. The molecule has 2 saturated heterocycles. The number of hydrogen-bond donors (Lipinski definition) is 3. The Morgan fingerprint density at radius 3 is 2.66 bits per heavy atom. The number of ether oxygens (including phenoxy) is 4. The predicted octanol–water partition coefficient (Wildman–Crippen LogP) is 6.41. The minimum absolute atomic E-state index is 0.0218. The van der Waals surface area contributed by atoms with E-state index in [1.165, 1.54) is 6.08 Å². The van der Waals surface area contributed by atoms with Gasteiger partial charge in [-0.1, -0.05) is 101 Å². The maximum absolute atomic E-state index is 13.0. The van der Waals surface area contributed by atoms with Crippen LogP contribution in [0.4, 0.5) is 0 Å². The van der Waals surface area contributed by atoms with Gasteiger partial charge in [-0.05, 0) is 50.5 Å². The quantitative estimate of drug-likeness (QED) is 0.166. The van der Waals surface area contributed by atoms with Crippen LogP contribution in [-0.2, 0) is 28.5 Å². The highest BCUT2D eigenvalue weighted by atomic mass is 16.6. The molecule has 0 aromatic heterocycles. The van der Waals surface area contributed by atoms with Gasteiger partial charge in [-0.2, -0.15) is 0 Å². The second kappa shape index (κ2) is 20.7. The van der Waals surface area contributed by atoms with E-state index in [2.05, 4.69) is 26.5 Å². The lowest BCUT2D eigenvalue weighted by Gasteiger charge is -2.47. The van der Waals surface area contributed by atoms with E-state index in [1.54, 1.807) is 18.2 Å². The fraction of sp³-hybridized carbons (Fsp3) is 0.610. The van der Waals surface area contributed by atoms with Crippen molar-refractivity contribution < 1.29 is 43.9 Å². The maximum atomic E-state index is 13.0. The van der Waals surface area contributed by atoms with Gasteiger partial charge >= 0.3 is 11.9 Å². The number of rotatable bonds is 11. The summed E-state index contributed by atoms with van der Waals surface area (Å²) in [6, 6.07) is 0. The van der Waals surface area contributed by atoms with E-state index in [4.69, 9.17) is 18.9 Å². The van der Waals surface area contributed by atoms with Crippen LogP contribution >= 0.6 is 0 Å². The molecule has 4 bridgehead atoms. The zero-order valence-corrected chi connectivity index (χ0v) is 30.6. The zero-order valence-electron chi connectivity index (χ0n) is 30.6. The van der Waals surface area contributed by atoms with Gasteiger partial charge in [0.25, 0.3) is 0 Å². The number of allylic oxidation sites excluding steroid dienone is 6. The summed E-state index contributed by atoms with van der Waals surface area (Å²) < 4.78 is 23.9. The van der Waals surface area contributed by atoms with Gasteiger partial charge in [-0.15, -0.1) is 0 Å². The molecule has 9 atom stereocenters. The van der Waals surface area contributed by atoms with Gasteiger partial charge in [0.1, 0.15) is 12.7 Å². The molecule has 0 amide bonds. The first-order chi connectivity index (χ1) is 23.8. The number of carbonyl (C=O) groups is 2. The Labute approximate surface area is 299 Å². The van der Waals surface area contributed by atoms with Gasteiger partial charge in [-0.3, -0.25) is 0 Å². The van der Waals surface area contributed by atoms with E-state index in [0.717, 1.165) is 24.0 Å². The average molecular weight is 697 g/mol. The summed E-state index contributed by atoms with van der Waals surface area (Å²) in [6.45, 7) is 13.9. The van der Waals surface area contributed by atoms with Crippen molar-refractivity contribution in [1.82, 2.24) is 0 Å². The highest BCUT2D eigenvalue weighted by Crippen LogP contribution is 2.41. The standard InChI is InChI=1S/C41H60O9/c1-28(2)21-22-30(4)26-47-40(46)34(43)18-13-14-19-37-41(6,27-42)38-25-33(49-37)17-10-7-9-15-29(3)23-36-31(5)35(44)24-32(48-36)16-11-8-12-20-39(45)50-38/h8-15,17,20,23,28,31-38,42-44H,4,7,16,18-19,21-22,24-27H2,1-3,5-6H3/b11-8?,14-13?,15-9+,17-10?,20-12?,29-23?. The molecule has 0 aromatic carbocycles. The first kappa shape index (κ1) is 41.3. The van der Waals surface area contributed by atoms with E-state index < -0.39 is 41.8 Å². The summed E-state index contributed by atoms with van der Waals surface area (Å²) in [4.78, 5) is 25.3. The number of aliphatic hydroxyl groups excluding tert-OH is 3. The van der Waals surface area contributed by atoms with Crippen LogP contribution in [0.3, 0.4) is 0 Å². The topological polar surface area (TPSA) is 132 Å². The van der Waals surface area contributed by atoms with Crippen molar-refractivity contribution in [3.8, 4) is 0 Å². The number of aliphatic hydroxyl groups is 3. The maximum Gasteiger partial charge on any atom is 0.335 e. The van der Waals surface area contributed by atoms with E-state index in [1.807, 2.05) is 57.2 Å². The number of esters is 2. The highest BCUT2D eigenvalue weighted by molar-refractivity contribution is 5.82. The third-order valence-electron chi connectivity index (χ3n) is 9.79. The molecule has 0 aromatic rings. The summed E-state index contributed by atoms with van der Waals surface area (Å²) in [6.07, 6.45) is 21.0. The Hall–Kier alpha value is -3.08. The second-order valence-corrected chi connectivity index (χ2v) is 14.6. The normalized spacial score (nSPS) is 32.3. The van der Waals surface area contributed by atoms with E-state index >= 15 is 0 Å². The molecule has 3 aliphatic rings. The van der Waals surface area contributed by atoms with Crippen molar-refractivity contribution in [2.75, 3.05) is 13.2 Å². The molecule has 278 valence electrons. The second-order valence-electron chi connectivity index (χ2n) is 14.6. The van der Waals surface area contributed by atoms with Gasteiger partial charge in [0.15, 0.2) is 6.10 Å². The molecule has 2 fully saturated rings. The number of hydrogen-bond acceptors (Lipinski definition) is 9. The molecule has 0 radical (unpaired) electrons. The van der Waals surface area contributed by atoms with Crippen molar-refractivity contribution >= 4 is 11.9 Å². The molecular formula is C41H60O9. The molecule has 0 aliphatic carbocycles. The van der Waals surface area contributed by atoms with Crippen LogP contribution in [-0.4, -0.2) is 83.2 Å². The fourth-order valence-electron chi connectivity index (χ4n) is 6.27. The Morgan fingerprint density at radius 2 is 1.92 bits per heavy atom. The molecule has 0 saturated carbocycles. The Morgan fingerprint density at radius 1 is 1.14 bits per heavy atom. The molecular weight excluding hydrogens is 636 g/mol. The first-order valence-corrected chi connectivity index (χ1v) is 18.1. The number of fused-ring (bicyclic) bond motifs is 4. The molecule has 3 rings (SSSR count). The van der Waals surface area contributed by atoms with Crippen LogP contribution in [0.15, 0.2) is 84.6 Å². The third kappa shape index (κ3) is 13.2. The summed E-state index contributed by atoms with van der Waals surface area (Å²) >= 11 is 0. The van der Waals surface area contributed by atoms with Crippen LogP contribution in [0.1, 0.15) is 86.0 Å². The van der Waals surface area contributed by atoms with Crippen LogP contribution in [0.5, 0.6) is 0 Å². The minimum Gasteiger partial charge on any atom is -0.459 e. The zero-order chi connectivity index (χ0) is 36.7. The third-order valence-corrected chi connectivity index (χ3v) is 9.79. The molecule has 9 nitrogen and oxygen atoms in total. The summed E-state index contributed by atoms with van der Waals surface area (Å²) in [5.74, 6) is -0.720. The Kier molecular flexibility index (Phi) is 17.1. The molecule has 9 unspecified atom stereocenters. The smallest absolute Gasteiger partial charge is 0.335 e. The molecule has 3 N–H and O–H groups in total. The Balaban J connectivity index is 1.71.